The fourth-order valence-electron chi connectivity index (χ4n) is 5.27. The number of hydrogen-bond acceptors (Lipinski definition) is 7. The molecule has 39 heavy (non-hydrogen) atoms. The number of nitro groups is 1. The van der Waals surface area contributed by atoms with Crippen LogP contribution in [0.1, 0.15) is 41.7 Å². The standard InChI is InChI=1S/C28H27N5O6/c1-15(34)32-10-9-19(27(29)35)13-25(32)18-4-7-21-23(12-18)31-28(36)20-6-3-16(11-22(20)30-21)17-5-8-24(33(37)38)26(14-17)39-2/h3-8,11-12,14,19,25,30H,9-10,13H2,1-2H3,(H2,29,35)(H,31,36). The number of benzene rings is 3. The minimum Gasteiger partial charge on any atom is -0.490 e. The first-order valence-electron chi connectivity index (χ1n) is 12.4. The second kappa shape index (κ2) is 10.1. The number of fused-ring (bicyclic) bond motifs is 2. The second-order valence-electron chi connectivity index (χ2n) is 9.64. The number of nitrogens with one attached hydrogen (secondary N) is 2. The van der Waals surface area contributed by atoms with Crippen molar-refractivity contribution in [1.29, 1.82) is 0 Å². The number of nitrogens with zero attached hydrogens (tertiary/aromatic N) is 2. The minimum atomic E-state index is -0.506. The van der Waals surface area contributed by atoms with Gasteiger partial charge in [-0.2, -0.15) is 0 Å². The second-order valence-corrected chi connectivity index (χ2v) is 9.64. The van der Waals surface area contributed by atoms with Gasteiger partial charge < -0.3 is 26.0 Å². The number of amides is 3. The normalized spacial score (nSPS) is 18.1. The quantitative estimate of drug-likeness (QED) is 0.327. The first-order valence-corrected chi connectivity index (χ1v) is 12.4. The van der Waals surface area contributed by atoms with Crippen LogP contribution in [0.4, 0.5) is 22.7 Å². The number of piperidine rings is 1. The van der Waals surface area contributed by atoms with E-state index in [0.29, 0.717) is 47.6 Å². The van der Waals surface area contributed by atoms with Crippen LogP contribution in [-0.4, -0.2) is 41.2 Å². The van der Waals surface area contributed by atoms with Crippen molar-refractivity contribution in [2.45, 2.75) is 25.8 Å². The van der Waals surface area contributed by atoms with Crippen LogP contribution in [0.15, 0.2) is 54.6 Å². The molecule has 2 atom stereocenters. The maximum Gasteiger partial charge on any atom is 0.310 e. The van der Waals surface area contributed by atoms with Gasteiger partial charge in [-0.25, -0.2) is 0 Å². The molecule has 2 heterocycles. The van der Waals surface area contributed by atoms with Crippen LogP contribution in [0.25, 0.3) is 11.1 Å². The molecule has 0 spiro atoms. The van der Waals surface area contributed by atoms with Crippen LogP contribution in [0, 0.1) is 16.0 Å². The predicted octanol–water partition coefficient (Wildman–Crippen LogP) is 4.36. The van der Waals surface area contributed by atoms with Crippen molar-refractivity contribution in [3.63, 3.8) is 0 Å². The highest BCUT2D eigenvalue weighted by molar-refractivity contribution is 6.12. The molecule has 2 aliphatic rings. The largest absolute Gasteiger partial charge is 0.490 e. The summed E-state index contributed by atoms with van der Waals surface area (Å²) in [6.07, 6.45) is 0.935. The third-order valence-electron chi connectivity index (χ3n) is 7.33. The lowest BCUT2D eigenvalue weighted by molar-refractivity contribution is -0.385. The molecule has 0 radical (unpaired) electrons. The molecule has 2 aliphatic heterocycles. The Balaban J connectivity index is 1.48. The van der Waals surface area contributed by atoms with E-state index in [4.69, 9.17) is 10.5 Å². The van der Waals surface area contributed by atoms with E-state index in [9.17, 15) is 24.5 Å². The van der Waals surface area contributed by atoms with Crippen LogP contribution in [0.5, 0.6) is 5.75 Å². The average molecular weight is 530 g/mol. The molecule has 0 aromatic heterocycles. The van der Waals surface area contributed by atoms with E-state index in [-0.39, 0.29) is 41.1 Å². The summed E-state index contributed by atoms with van der Waals surface area (Å²) >= 11 is 0. The van der Waals surface area contributed by atoms with Crippen LogP contribution in [-0.2, 0) is 9.59 Å². The fourth-order valence-corrected chi connectivity index (χ4v) is 5.27. The first kappa shape index (κ1) is 25.7. The summed E-state index contributed by atoms with van der Waals surface area (Å²) in [6.45, 7) is 1.93. The van der Waals surface area contributed by atoms with E-state index in [1.54, 1.807) is 35.2 Å². The van der Waals surface area contributed by atoms with E-state index < -0.39 is 4.92 Å². The molecule has 11 nitrogen and oxygen atoms in total. The van der Waals surface area contributed by atoms with Gasteiger partial charge >= 0.3 is 5.69 Å². The number of carbonyl (C=O) groups is 3. The maximum atomic E-state index is 13.2. The summed E-state index contributed by atoms with van der Waals surface area (Å²) in [4.78, 5) is 49.9. The van der Waals surface area contributed by atoms with Gasteiger partial charge in [-0.05, 0) is 65.9 Å². The molecular formula is C28H27N5O6. The SMILES string of the molecule is COc1cc(-c2ccc3c(c2)Nc2ccc(C4CC(C(N)=O)CCN4C(C)=O)cc2NC3=O)ccc1[N+](=O)[O-]. The monoisotopic (exact) mass is 529 g/mol. The Kier molecular flexibility index (Phi) is 6.65. The molecule has 1 fully saturated rings. The van der Waals surface area contributed by atoms with Crippen molar-refractivity contribution in [3.8, 4) is 16.9 Å². The Morgan fingerprint density at radius 3 is 2.46 bits per heavy atom. The molecule has 3 aromatic rings. The van der Waals surface area contributed by atoms with Crippen LogP contribution >= 0.6 is 0 Å². The summed E-state index contributed by atoms with van der Waals surface area (Å²) in [5.41, 5.74) is 9.82. The van der Waals surface area contributed by atoms with E-state index in [1.165, 1.54) is 20.1 Å². The number of anilines is 3. The van der Waals surface area contributed by atoms with Gasteiger partial charge in [0.1, 0.15) is 0 Å². The van der Waals surface area contributed by atoms with Gasteiger partial charge in [0.05, 0.1) is 40.7 Å². The molecule has 200 valence electrons. The van der Waals surface area contributed by atoms with Gasteiger partial charge in [0, 0.05) is 25.5 Å². The van der Waals surface area contributed by atoms with Gasteiger partial charge in [0.15, 0.2) is 5.75 Å². The highest BCUT2D eigenvalue weighted by atomic mass is 16.6. The van der Waals surface area contributed by atoms with Crippen LogP contribution < -0.4 is 21.1 Å². The van der Waals surface area contributed by atoms with E-state index in [2.05, 4.69) is 10.6 Å². The highest BCUT2D eigenvalue weighted by Gasteiger charge is 2.34. The number of primary amides is 1. The lowest BCUT2D eigenvalue weighted by Gasteiger charge is -2.38. The zero-order valence-corrected chi connectivity index (χ0v) is 21.4. The molecule has 3 aromatic carbocycles. The van der Waals surface area contributed by atoms with Crippen molar-refractivity contribution >= 4 is 40.5 Å². The highest BCUT2D eigenvalue weighted by Crippen LogP contribution is 2.40. The third kappa shape index (κ3) is 4.86. The molecule has 11 heteroatoms. The number of carbonyl (C=O) groups excluding carboxylic acids is 3. The third-order valence-corrected chi connectivity index (χ3v) is 7.33. The Hall–Kier alpha value is -4.93. The Labute approximate surface area is 224 Å². The van der Waals surface area contributed by atoms with Gasteiger partial charge in [0.2, 0.25) is 11.8 Å². The summed E-state index contributed by atoms with van der Waals surface area (Å²) in [6, 6.07) is 15.0. The zero-order valence-electron chi connectivity index (χ0n) is 21.4. The fraction of sp³-hybridized carbons (Fsp3) is 0.250. The Morgan fingerprint density at radius 2 is 1.77 bits per heavy atom. The molecular weight excluding hydrogens is 502 g/mol. The molecule has 1 saturated heterocycles. The zero-order chi connectivity index (χ0) is 27.8. The van der Waals surface area contributed by atoms with Crippen LogP contribution in [0.2, 0.25) is 0 Å². The van der Waals surface area contributed by atoms with E-state index in [1.807, 2.05) is 18.2 Å². The molecule has 0 saturated carbocycles. The summed E-state index contributed by atoms with van der Waals surface area (Å²) in [5, 5.41) is 17.5. The summed E-state index contributed by atoms with van der Waals surface area (Å²) < 4.78 is 5.20. The number of hydrogen-bond donors (Lipinski definition) is 3. The van der Waals surface area contributed by atoms with Gasteiger partial charge in [-0.1, -0.05) is 12.1 Å². The van der Waals surface area contributed by atoms with Gasteiger partial charge in [-0.15, -0.1) is 0 Å². The van der Waals surface area contributed by atoms with Crippen molar-refractivity contribution < 1.29 is 24.0 Å². The van der Waals surface area contributed by atoms with Crippen LogP contribution in [0.3, 0.4) is 0 Å². The number of ether oxygens (including phenoxy) is 1. The lowest BCUT2D eigenvalue weighted by Crippen LogP contribution is -2.43. The number of nitro benzene ring substituents is 1. The molecule has 2 unspecified atom stereocenters. The molecule has 0 aliphatic carbocycles. The van der Waals surface area contributed by atoms with Gasteiger partial charge in [0.25, 0.3) is 5.91 Å². The number of nitrogens with two attached hydrogens (primary N) is 1. The Morgan fingerprint density at radius 1 is 1.03 bits per heavy atom. The number of methoxy groups -OCH3 is 1. The Bertz CT molecular complexity index is 1520. The topological polar surface area (TPSA) is 157 Å². The number of rotatable bonds is 5. The first-order chi connectivity index (χ1) is 18.7. The van der Waals surface area contributed by atoms with Crippen molar-refractivity contribution in [3.05, 3.63) is 75.8 Å². The van der Waals surface area contributed by atoms with Gasteiger partial charge in [-0.3, -0.25) is 24.5 Å². The molecule has 3 amide bonds. The van der Waals surface area contributed by atoms with Crippen molar-refractivity contribution in [2.75, 3.05) is 24.3 Å². The minimum absolute atomic E-state index is 0.0946. The molecule has 4 N–H and O–H groups in total. The summed E-state index contributed by atoms with van der Waals surface area (Å²) in [7, 11) is 1.37. The number of likely N-dealkylation sites (tertiary alicyclic amines) is 1. The molecule has 0 bridgehead atoms. The lowest BCUT2D eigenvalue weighted by atomic mass is 9.86. The van der Waals surface area contributed by atoms with Crippen molar-refractivity contribution in [2.24, 2.45) is 11.7 Å². The van der Waals surface area contributed by atoms with Crippen molar-refractivity contribution in [1.82, 2.24) is 4.90 Å². The smallest absolute Gasteiger partial charge is 0.310 e. The van der Waals surface area contributed by atoms with E-state index >= 15 is 0 Å². The predicted molar refractivity (Wildman–Crippen MR) is 145 cm³/mol. The average Bonchev–Trinajstić information content (AvgIpc) is 3.06. The summed E-state index contributed by atoms with van der Waals surface area (Å²) in [5.74, 6) is -0.995. The van der Waals surface area contributed by atoms with E-state index in [0.717, 1.165) is 11.1 Å². The maximum absolute atomic E-state index is 13.2. The molecule has 5 rings (SSSR count).